The van der Waals surface area contributed by atoms with Gasteiger partial charge in [0, 0.05) is 59.1 Å². The molecule has 45 heavy (non-hydrogen) atoms. The molecule has 2 saturated heterocycles. The number of para-hydroxylation sites is 1. The van der Waals surface area contributed by atoms with Gasteiger partial charge in [0.1, 0.15) is 17.1 Å². The molecular formula is C32H27N5O7S. The number of non-ortho nitro benzene ring substituents is 1. The lowest BCUT2D eigenvalue weighted by Gasteiger charge is -2.31. The fraction of sp³-hybridized carbons (Fsp3) is 0.250. The second-order valence-electron chi connectivity index (χ2n) is 11.4. The molecule has 12 nitrogen and oxygen atoms in total. The first-order valence-corrected chi connectivity index (χ1v) is 15.2. The van der Waals surface area contributed by atoms with Gasteiger partial charge in [-0.25, -0.2) is 4.98 Å². The van der Waals surface area contributed by atoms with Crippen molar-refractivity contribution < 1.29 is 28.8 Å². The highest BCUT2D eigenvalue weighted by Gasteiger charge is 2.69. The van der Waals surface area contributed by atoms with Crippen molar-refractivity contribution in [2.45, 2.75) is 31.3 Å². The first kappa shape index (κ1) is 28.6. The van der Waals surface area contributed by atoms with Crippen LogP contribution in [0.5, 0.6) is 0 Å². The number of nitro benzene ring substituents is 1. The topological polar surface area (TPSA) is 172 Å². The minimum atomic E-state index is -1.82. The minimum absolute atomic E-state index is 0.0548. The number of nitrogens with one attached hydrogen (secondary N) is 2. The molecule has 3 N–H and O–H groups in total. The smallest absolute Gasteiger partial charge is 0.325 e. The maximum absolute atomic E-state index is 14.1. The number of hydrogen-bond acceptors (Lipinski definition) is 9. The van der Waals surface area contributed by atoms with Gasteiger partial charge in [-0.2, -0.15) is 0 Å². The predicted molar refractivity (Wildman–Crippen MR) is 163 cm³/mol. The number of carboxylic acids is 1. The van der Waals surface area contributed by atoms with Crippen molar-refractivity contribution in [3.8, 4) is 11.3 Å². The summed E-state index contributed by atoms with van der Waals surface area (Å²) in [6, 6.07) is 15.7. The summed E-state index contributed by atoms with van der Waals surface area (Å²) in [5.41, 5.74) is 2.75. The SMILES string of the molecule is Cc1ncsc1CCN1C(=O)C2C(c3ccc(-c4ccc([N+](=O)[O-])cc4)o3)NC(Cc3c[nH]c4ccccc34)(C(=O)O)C2C1=O. The molecule has 7 rings (SSSR count). The quantitative estimate of drug-likeness (QED) is 0.120. The molecular weight excluding hydrogens is 598 g/mol. The lowest BCUT2D eigenvalue weighted by atomic mass is 9.76. The van der Waals surface area contributed by atoms with E-state index in [0.29, 0.717) is 29.1 Å². The molecule has 2 aliphatic rings. The average molecular weight is 626 g/mol. The number of furan rings is 1. The number of thiazole rings is 1. The Labute approximate surface area is 259 Å². The number of carbonyl (C=O) groups is 3. The van der Waals surface area contributed by atoms with Gasteiger partial charge in [-0.1, -0.05) is 18.2 Å². The number of fused-ring (bicyclic) bond motifs is 2. The van der Waals surface area contributed by atoms with Crippen molar-refractivity contribution >= 4 is 45.7 Å². The van der Waals surface area contributed by atoms with Crippen molar-refractivity contribution in [3.63, 3.8) is 0 Å². The normalized spacial score (nSPS) is 22.8. The molecule has 4 atom stereocenters. The maximum atomic E-state index is 14.1. The average Bonchev–Trinajstić information content (AvgIpc) is 3.85. The van der Waals surface area contributed by atoms with Crippen LogP contribution in [0.15, 0.2) is 76.8 Å². The second kappa shape index (κ2) is 10.8. The number of aromatic nitrogens is 2. The Morgan fingerprint density at radius 1 is 1.13 bits per heavy atom. The summed E-state index contributed by atoms with van der Waals surface area (Å²) < 4.78 is 6.17. The number of carboxylic acid groups (broad SMARTS) is 1. The van der Waals surface area contributed by atoms with E-state index >= 15 is 0 Å². The molecule has 2 amide bonds. The molecule has 0 radical (unpaired) electrons. The molecule has 3 aromatic heterocycles. The van der Waals surface area contributed by atoms with E-state index in [1.54, 1.807) is 36.0 Å². The van der Waals surface area contributed by atoms with Crippen molar-refractivity contribution in [2.24, 2.45) is 11.8 Å². The molecule has 2 fully saturated rings. The number of carbonyl (C=O) groups excluding carboxylic acids is 2. The highest BCUT2D eigenvalue weighted by atomic mass is 32.1. The summed E-state index contributed by atoms with van der Waals surface area (Å²) in [6.45, 7) is 1.97. The first-order chi connectivity index (χ1) is 21.7. The fourth-order valence-corrected chi connectivity index (χ4v) is 7.51. The summed E-state index contributed by atoms with van der Waals surface area (Å²) in [5, 5.41) is 26.0. The molecule has 0 spiro atoms. The van der Waals surface area contributed by atoms with Gasteiger partial charge in [0.15, 0.2) is 0 Å². The summed E-state index contributed by atoms with van der Waals surface area (Å²) in [4.78, 5) is 61.7. The number of imide groups is 1. The van der Waals surface area contributed by atoms with Crippen LogP contribution in [0.3, 0.4) is 0 Å². The Balaban J connectivity index is 1.28. The maximum Gasteiger partial charge on any atom is 0.325 e. The van der Waals surface area contributed by atoms with Crippen LogP contribution in [0.1, 0.15) is 27.9 Å². The predicted octanol–water partition coefficient (Wildman–Crippen LogP) is 4.66. The van der Waals surface area contributed by atoms with Gasteiger partial charge in [-0.05, 0) is 42.8 Å². The molecule has 228 valence electrons. The molecule has 0 aliphatic carbocycles. The van der Waals surface area contributed by atoms with E-state index in [-0.39, 0.29) is 18.7 Å². The van der Waals surface area contributed by atoms with Crippen molar-refractivity contribution in [1.82, 2.24) is 20.2 Å². The minimum Gasteiger partial charge on any atom is -0.480 e. The van der Waals surface area contributed by atoms with E-state index in [0.717, 1.165) is 21.5 Å². The van der Waals surface area contributed by atoms with Crippen LogP contribution in [0.25, 0.3) is 22.2 Å². The summed E-state index contributed by atoms with van der Waals surface area (Å²) in [7, 11) is 0. The molecule has 0 saturated carbocycles. The number of H-pyrrole nitrogens is 1. The van der Waals surface area contributed by atoms with Crippen LogP contribution in [0.4, 0.5) is 5.69 Å². The molecule has 5 aromatic rings. The number of nitrogens with zero attached hydrogens (tertiary/aromatic N) is 3. The van der Waals surface area contributed by atoms with Crippen LogP contribution < -0.4 is 5.32 Å². The number of hydrogen-bond donors (Lipinski definition) is 3. The third kappa shape index (κ3) is 4.62. The Bertz CT molecular complexity index is 1980. The van der Waals surface area contributed by atoms with Gasteiger partial charge >= 0.3 is 5.97 Å². The fourth-order valence-electron chi connectivity index (χ4n) is 6.74. The summed E-state index contributed by atoms with van der Waals surface area (Å²) in [5.74, 6) is -3.78. The lowest BCUT2D eigenvalue weighted by molar-refractivity contribution is -0.384. The van der Waals surface area contributed by atoms with Gasteiger partial charge < -0.3 is 14.5 Å². The van der Waals surface area contributed by atoms with E-state index in [9.17, 15) is 29.6 Å². The number of benzene rings is 2. The summed E-state index contributed by atoms with van der Waals surface area (Å²) in [6.07, 6.45) is 2.10. The third-order valence-electron chi connectivity index (χ3n) is 8.97. The number of likely N-dealkylation sites (tertiary alicyclic amines) is 1. The van der Waals surface area contributed by atoms with E-state index < -0.39 is 46.1 Å². The van der Waals surface area contributed by atoms with Crippen molar-refractivity contribution in [1.29, 1.82) is 0 Å². The van der Waals surface area contributed by atoms with Gasteiger partial charge in [-0.15, -0.1) is 11.3 Å². The van der Waals surface area contributed by atoms with Gasteiger partial charge in [0.05, 0.1) is 34.0 Å². The number of aromatic amines is 1. The standard InChI is InChI=1S/C32H27N5O7S/c1-17-25(45-16-34-17)12-13-36-29(38)26-27(30(36)39)32(31(40)41,14-19-15-33-22-5-3-2-4-21(19)22)35-28(26)24-11-10-23(44-24)18-6-8-20(9-7-18)37(42)43/h2-11,15-16,26-28,33,35H,12-14H2,1H3,(H,40,41). The Morgan fingerprint density at radius 3 is 2.62 bits per heavy atom. The van der Waals surface area contributed by atoms with Crippen LogP contribution in [0, 0.1) is 28.9 Å². The highest BCUT2D eigenvalue weighted by molar-refractivity contribution is 7.09. The van der Waals surface area contributed by atoms with Crippen molar-refractivity contribution in [3.05, 3.63) is 104 Å². The van der Waals surface area contributed by atoms with Crippen molar-refractivity contribution in [2.75, 3.05) is 6.54 Å². The van der Waals surface area contributed by atoms with E-state index in [4.69, 9.17) is 4.42 Å². The van der Waals surface area contributed by atoms with Crippen LogP contribution >= 0.6 is 11.3 Å². The van der Waals surface area contributed by atoms with Crippen LogP contribution in [-0.4, -0.2) is 54.8 Å². The number of aryl methyl sites for hydroxylation is 1. The van der Waals surface area contributed by atoms with Gasteiger partial charge in [0.25, 0.3) is 5.69 Å². The van der Waals surface area contributed by atoms with Crippen LogP contribution in [0.2, 0.25) is 0 Å². The zero-order valence-electron chi connectivity index (χ0n) is 23.9. The molecule has 0 bridgehead atoms. The zero-order valence-corrected chi connectivity index (χ0v) is 24.7. The number of rotatable bonds is 9. The lowest BCUT2D eigenvalue weighted by Crippen LogP contribution is -2.57. The first-order valence-electron chi connectivity index (χ1n) is 14.3. The molecule has 2 aliphatic heterocycles. The van der Waals surface area contributed by atoms with E-state index in [2.05, 4.69) is 15.3 Å². The van der Waals surface area contributed by atoms with Gasteiger partial charge in [-0.3, -0.25) is 34.7 Å². The monoisotopic (exact) mass is 625 g/mol. The molecule has 4 unspecified atom stereocenters. The molecule has 5 heterocycles. The Morgan fingerprint density at radius 2 is 1.91 bits per heavy atom. The molecule has 13 heteroatoms. The van der Waals surface area contributed by atoms with E-state index in [1.807, 2.05) is 31.2 Å². The number of amides is 2. The Hall–Kier alpha value is -5.14. The third-order valence-corrected chi connectivity index (χ3v) is 9.97. The summed E-state index contributed by atoms with van der Waals surface area (Å²) >= 11 is 1.44. The largest absolute Gasteiger partial charge is 0.480 e. The Kier molecular flexibility index (Phi) is 6.86. The molecule has 2 aromatic carbocycles. The number of aliphatic carboxylic acids is 1. The van der Waals surface area contributed by atoms with Gasteiger partial charge in [0.2, 0.25) is 11.8 Å². The zero-order chi connectivity index (χ0) is 31.5. The van der Waals surface area contributed by atoms with Crippen LogP contribution in [-0.2, 0) is 27.2 Å². The van der Waals surface area contributed by atoms with E-state index in [1.165, 1.54) is 28.4 Å². The second-order valence-corrected chi connectivity index (χ2v) is 12.3. The highest BCUT2D eigenvalue weighted by Crippen LogP contribution is 2.51. The number of nitro groups is 1.